The maximum Gasteiger partial charge on any atom is 0.210 e. The summed E-state index contributed by atoms with van der Waals surface area (Å²) in [5, 5.41) is 8.17. The summed E-state index contributed by atoms with van der Waals surface area (Å²) in [5.74, 6) is 0.0529. The molecule has 1 rings (SSSR count). The van der Waals surface area contributed by atoms with E-state index in [1.165, 1.54) is 0 Å². The molecule has 0 unspecified atom stereocenters. The predicted molar refractivity (Wildman–Crippen MR) is 51.9 cm³/mol. The number of piperazine rings is 1. The van der Waals surface area contributed by atoms with Crippen LogP contribution in [0.5, 0.6) is 0 Å². The van der Waals surface area contributed by atoms with E-state index in [-0.39, 0.29) is 5.75 Å². The van der Waals surface area contributed by atoms with Crippen LogP contribution in [-0.4, -0.2) is 51.3 Å². The van der Waals surface area contributed by atoms with Crippen LogP contribution in [0.1, 0.15) is 6.92 Å². The molecule has 0 aromatic carbocycles. The molecular weight excluding hydrogens is 190 g/mol. The normalized spacial score (nSPS) is 26.2. The average molecular weight is 207 g/mol. The Morgan fingerprint density at radius 2 is 2.31 bits per heavy atom. The summed E-state index contributed by atoms with van der Waals surface area (Å²) >= 11 is 0. The zero-order valence-corrected chi connectivity index (χ0v) is 8.68. The lowest BCUT2D eigenvalue weighted by Crippen LogP contribution is -2.51. The van der Waals surface area contributed by atoms with E-state index in [1.807, 2.05) is 0 Å². The molecule has 0 bridgehead atoms. The Bertz CT molecular complexity index is 252. The second kappa shape index (κ2) is 4.36. The Kier molecular flexibility index (Phi) is 3.66. The van der Waals surface area contributed by atoms with Crippen molar-refractivity contribution < 1.29 is 8.42 Å². The highest BCUT2D eigenvalue weighted by atomic mass is 32.2. The van der Waals surface area contributed by atoms with Gasteiger partial charge in [0.05, 0.1) is 5.75 Å². The fraction of sp³-hybridized carbons (Fsp3) is 1.00. The van der Waals surface area contributed by atoms with Gasteiger partial charge >= 0.3 is 0 Å². The van der Waals surface area contributed by atoms with Gasteiger partial charge in [0.2, 0.25) is 10.0 Å². The molecule has 0 amide bonds. The van der Waals surface area contributed by atoms with Crippen LogP contribution in [0.15, 0.2) is 0 Å². The summed E-state index contributed by atoms with van der Waals surface area (Å²) in [4.78, 5) is 2.14. The topological polar surface area (TPSA) is 75.4 Å². The van der Waals surface area contributed by atoms with Gasteiger partial charge in [0, 0.05) is 32.2 Å². The lowest BCUT2D eigenvalue weighted by molar-refractivity contribution is 0.184. The molecule has 3 N–H and O–H groups in total. The lowest BCUT2D eigenvalue weighted by Gasteiger charge is -2.33. The first kappa shape index (κ1) is 10.9. The van der Waals surface area contributed by atoms with Crippen molar-refractivity contribution in [3.05, 3.63) is 0 Å². The fourth-order valence-electron chi connectivity index (χ4n) is 1.46. The van der Waals surface area contributed by atoms with Crippen molar-refractivity contribution in [1.82, 2.24) is 10.2 Å². The van der Waals surface area contributed by atoms with E-state index in [1.54, 1.807) is 0 Å². The van der Waals surface area contributed by atoms with Gasteiger partial charge in [-0.2, -0.15) is 0 Å². The number of hydrogen-bond acceptors (Lipinski definition) is 4. The third-order valence-corrected chi connectivity index (χ3v) is 3.05. The minimum Gasteiger partial charge on any atom is -0.314 e. The number of nitrogens with zero attached hydrogens (tertiary/aromatic N) is 1. The van der Waals surface area contributed by atoms with Gasteiger partial charge < -0.3 is 5.32 Å². The molecule has 6 heteroatoms. The molecule has 0 aromatic rings. The molecule has 5 nitrogen and oxygen atoms in total. The first-order valence-corrected chi connectivity index (χ1v) is 6.16. The van der Waals surface area contributed by atoms with Crippen molar-refractivity contribution in [2.24, 2.45) is 5.14 Å². The number of primary sulfonamides is 1. The van der Waals surface area contributed by atoms with E-state index in [0.29, 0.717) is 12.6 Å². The molecule has 1 fully saturated rings. The van der Waals surface area contributed by atoms with Crippen molar-refractivity contribution in [3.63, 3.8) is 0 Å². The highest BCUT2D eigenvalue weighted by Crippen LogP contribution is 2.01. The monoisotopic (exact) mass is 207 g/mol. The standard InChI is InChI=1S/C7H17N3O2S/c1-7-6-9-2-3-10(7)4-5-13(8,11)12/h7,9H,2-6H2,1H3,(H2,8,11,12)/t7-/m0/s1. The molecule has 0 aromatic heterocycles. The van der Waals surface area contributed by atoms with E-state index in [9.17, 15) is 8.42 Å². The van der Waals surface area contributed by atoms with Crippen molar-refractivity contribution in [3.8, 4) is 0 Å². The van der Waals surface area contributed by atoms with Crippen LogP contribution < -0.4 is 10.5 Å². The second-order valence-corrected chi connectivity index (χ2v) is 5.19. The van der Waals surface area contributed by atoms with Crippen molar-refractivity contribution >= 4 is 10.0 Å². The van der Waals surface area contributed by atoms with E-state index < -0.39 is 10.0 Å². The Hall–Kier alpha value is -0.170. The Labute approximate surface area is 79.3 Å². The fourth-order valence-corrected chi connectivity index (χ4v) is 1.95. The molecule has 1 aliphatic heterocycles. The Balaban J connectivity index is 2.35. The molecule has 1 saturated heterocycles. The molecule has 0 aliphatic carbocycles. The summed E-state index contributed by atoms with van der Waals surface area (Å²) in [5.41, 5.74) is 0. The molecule has 1 aliphatic rings. The van der Waals surface area contributed by atoms with Gasteiger partial charge in [-0.25, -0.2) is 13.6 Å². The maximum absolute atomic E-state index is 10.7. The van der Waals surface area contributed by atoms with Crippen molar-refractivity contribution in [2.75, 3.05) is 31.9 Å². The zero-order chi connectivity index (χ0) is 9.90. The summed E-state index contributed by atoms with van der Waals surface area (Å²) in [6.07, 6.45) is 0. The Morgan fingerprint density at radius 3 is 2.85 bits per heavy atom. The largest absolute Gasteiger partial charge is 0.314 e. The van der Waals surface area contributed by atoms with Gasteiger partial charge in [-0.3, -0.25) is 4.90 Å². The summed E-state index contributed by atoms with van der Waals surface area (Å²) in [6, 6.07) is 0.399. The smallest absolute Gasteiger partial charge is 0.210 e. The third-order valence-electron chi connectivity index (χ3n) is 2.30. The number of hydrogen-bond donors (Lipinski definition) is 2. The first-order valence-electron chi connectivity index (χ1n) is 4.44. The van der Waals surface area contributed by atoms with E-state index in [0.717, 1.165) is 19.6 Å². The molecule has 0 saturated carbocycles. The molecule has 1 atom stereocenters. The number of sulfonamides is 1. The highest BCUT2D eigenvalue weighted by molar-refractivity contribution is 7.89. The summed E-state index contributed by atoms with van der Waals surface area (Å²) < 4.78 is 21.4. The summed E-state index contributed by atoms with van der Waals surface area (Å²) in [7, 11) is -3.31. The minimum absolute atomic E-state index is 0.0529. The maximum atomic E-state index is 10.7. The predicted octanol–water partition coefficient (Wildman–Crippen LogP) is -1.43. The van der Waals surface area contributed by atoms with E-state index in [4.69, 9.17) is 5.14 Å². The van der Waals surface area contributed by atoms with Gasteiger partial charge in [0.15, 0.2) is 0 Å². The van der Waals surface area contributed by atoms with Crippen LogP contribution in [0.4, 0.5) is 0 Å². The number of nitrogens with one attached hydrogen (secondary N) is 1. The quantitative estimate of drug-likeness (QED) is 0.595. The zero-order valence-electron chi connectivity index (χ0n) is 7.86. The summed E-state index contributed by atoms with van der Waals surface area (Å²) in [6.45, 7) is 5.37. The van der Waals surface area contributed by atoms with Crippen LogP contribution in [0, 0.1) is 0 Å². The molecule has 0 radical (unpaired) electrons. The van der Waals surface area contributed by atoms with E-state index >= 15 is 0 Å². The SMILES string of the molecule is C[C@H]1CNCCN1CCS(N)(=O)=O. The van der Waals surface area contributed by atoms with Crippen LogP contribution in [0.3, 0.4) is 0 Å². The van der Waals surface area contributed by atoms with Crippen molar-refractivity contribution in [1.29, 1.82) is 0 Å². The molecule has 13 heavy (non-hydrogen) atoms. The first-order chi connectivity index (χ1) is 5.99. The molecular formula is C7H17N3O2S. The van der Waals surface area contributed by atoms with Gasteiger partial charge in [-0.15, -0.1) is 0 Å². The average Bonchev–Trinajstić information content (AvgIpc) is 2.01. The van der Waals surface area contributed by atoms with Gasteiger partial charge in [0.1, 0.15) is 0 Å². The lowest BCUT2D eigenvalue weighted by atomic mass is 10.2. The van der Waals surface area contributed by atoms with E-state index in [2.05, 4.69) is 17.1 Å². The molecule has 0 spiro atoms. The highest BCUT2D eigenvalue weighted by Gasteiger charge is 2.18. The number of rotatable bonds is 3. The van der Waals surface area contributed by atoms with Gasteiger partial charge in [-0.05, 0) is 6.92 Å². The van der Waals surface area contributed by atoms with Crippen LogP contribution in [0.2, 0.25) is 0 Å². The van der Waals surface area contributed by atoms with Crippen LogP contribution >= 0.6 is 0 Å². The van der Waals surface area contributed by atoms with Gasteiger partial charge in [-0.1, -0.05) is 0 Å². The van der Waals surface area contributed by atoms with Crippen molar-refractivity contribution in [2.45, 2.75) is 13.0 Å². The van der Waals surface area contributed by atoms with Crippen LogP contribution in [-0.2, 0) is 10.0 Å². The van der Waals surface area contributed by atoms with Crippen LogP contribution in [0.25, 0.3) is 0 Å². The Morgan fingerprint density at radius 1 is 1.62 bits per heavy atom. The molecule has 78 valence electrons. The minimum atomic E-state index is -3.31. The third kappa shape index (κ3) is 4.04. The molecule has 1 heterocycles. The second-order valence-electron chi connectivity index (χ2n) is 3.46. The number of nitrogens with two attached hydrogens (primary N) is 1. The van der Waals surface area contributed by atoms with Gasteiger partial charge in [0.25, 0.3) is 0 Å².